The van der Waals surface area contributed by atoms with E-state index in [0.717, 1.165) is 29.4 Å². The SMILES string of the molecule is CCOc1ccc(NC(C)Cc2ccco2)cc1OCC. The summed E-state index contributed by atoms with van der Waals surface area (Å²) in [6.07, 6.45) is 2.54. The fourth-order valence-corrected chi connectivity index (χ4v) is 2.21. The minimum Gasteiger partial charge on any atom is -0.490 e. The molecule has 0 bridgehead atoms. The molecule has 21 heavy (non-hydrogen) atoms. The van der Waals surface area contributed by atoms with E-state index in [-0.39, 0.29) is 6.04 Å². The molecule has 0 aliphatic rings. The molecular formula is C17H23NO3. The first-order valence-electron chi connectivity index (χ1n) is 7.41. The molecule has 1 unspecified atom stereocenters. The van der Waals surface area contributed by atoms with Crippen LogP contribution in [0.5, 0.6) is 11.5 Å². The van der Waals surface area contributed by atoms with Gasteiger partial charge in [-0.15, -0.1) is 0 Å². The van der Waals surface area contributed by atoms with Gasteiger partial charge in [0.2, 0.25) is 0 Å². The van der Waals surface area contributed by atoms with E-state index in [0.29, 0.717) is 13.2 Å². The van der Waals surface area contributed by atoms with Crippen LogP contribution in [0.15, 0.2) is 41.0 Å². The van der Waals surface area contributed by atoms with Crippen molar-refractivity contribution in [3.05, 3.63) is 42.4 Å². The second-order valence-electron chi connectivity index (χ2n) is 4.86. The normalized spacial score (nSPS) is 12.0. The van der Waals surface area contributed by atoms with Gasteiger partial charge in [0.05, 0.1) is 19.5 Å². The third kappa shape index (κ3) is 4.45. The van der Waals surface area contributed by atoms with Gasteiger partial charge in [0.1, 0.15) is 5.76 Å². The van der Waals surface area contributed by atoms with Gasteiger partial charge in [0.25, 0.3) is 0 Å². The predicted molar refractivity (Wildman–Crippen MR) is 84.3 cm³/mol. The Morgan fingerprint density at radius 1 is 1.10 bits per heavy atom. The van der Waals surface area contributed by atoms with Crippen molar-refractivity contribution in [1.29, 1.82) is 0 Å². The van der Waals surface area contributed by atoms with Gasteiger partial charge in [-0.3, -0.25) is 0 Å². The molecule has 1 atom stereocenters. The lowest BCUT2D eigenvalue weighted by molar-refractivity contribution is 0.288. The van der Waals surface area contributed by atoms with Gasteiger partial charge in [0.15, 0.2) is 11.5 Å². The molecule has 2 rings (SSSR count). The Morgan fingerprint density at radius 3 is 2.52 bits per heavy atom. The van der Waals surface area contributed by atoms with E-state index < -0.39 is 0 Å². The molecule has 1 N–H and O–H groups in total. The molecule has 0 saturated carbocycles. The molecular weight excluding hydrogens is 266 g/mol. The van der Waals surface area contributed by atoms with Crippen LogP contribution < -0.4 is 14.8 Å². The molecule has 0 spiro atoms. The van der Waals surface area contributed by atoms with Crippen LogP contribution in [0.2, 0.25) is 0 Å². The molecule has 114 valence electrons. The highest BCUT2D eigenvalue weighted by Crippen LogP contribution is 2.31. The third-order valence-electron chi connectivity index (χ3n) is 3.04. The van der Waals surface area contributed by atoms with E-state index in [4.69, 9.17) is 13.9 Å². The van der Waals surface area contributed by atoms with Crippen LogP contribution in [0.1, 0.15) is 26.5 Å². The van der Waals surface area contributed by atoms with Crippen LogP contribution in [-0.4, -0.2) is 19.3 Å². The average molecular weight is 289 g/mol. The van der Waals surface area contributed by atoms with Crippen LogP contribution in [0.25, 0.3) is 0 Å². The fraction of sp³-hybridized carbons (Fsp3) is 0.412. The average Bonchev–Trinajstić information content (AvgIpc) is 2.95. The Hall–Kier alpha value is -2.10. The van der Waals surface area contributed by atoms with Gasteiger partial charge >= 0.3 is 0 Å². The van der Waals surface area contributed by atoms with Crippen molar-refractivity contribution < 1.29 is 13.9 Å². The van der Waals surface area contributed by atoms with E-state index in [1.54, 1.807) is 6.26 Å². The molecule has 0 aliphatic carbocycles. The highest BCUT2D eigenvalue weighted by atomic mass is 16.5. The summed E-state index contributed by atoms with van der Waals surface area (Å²) in [5, 5.41) is 3.45. The van der Waals surface area contributed by atoms with Crippen LogP contribution in [0, 0.1) is 0 Å². The minimum absolute atomic E-state index is 0.267. The maximum Gasteiger partial charge on any atom is 0.163 e. The Morgan fingerprint density at radius 2 is 1.86 bits per heavy atom. The zero-order chi connectivity index (χ0) is 15.1. The van der Waals surface area contributed by atoms with Crippen molar-refractivity contribution in [2.45, 2.75) is 33.2 Å². The highest BCUT2D eigenvalue weighted by molar-refractivity contribution is 5.55. The number of rotatable bonds is 8. The molecule has 1 heterocycles. The standard InChI is InChI=1S/C17H23NO3/c1-4-19-16-9-8-14(12-17(16)20-5-2)18-13(3)11-15-7-6-10-21-15/h6-10,12-13,18H,4-5,11H2,1-3H3. The molecule has 4 heteroatoms. The molecule has 1 aromatic heterocycles. The summed E-state index contributed by atoms with van der Waals surface area (Å²) in [7, 11) is 0. The van der Waals surface area contributed by atoms with E-state index in [2.05, 4.69) is 12.2 Å². The van der Waals surface area contributed by atoms with Crippen LogP contribution >= 0.6 is 0 Å². The smallest absolute Gasteiger partial charge is 0.163 e. The first kappa shape index (κ1) is 15.3. The van der Waals surface area contributed by atoms with Crippen molar-refractivity contribution in [2.24, 2.45) is 0 Å². The number of hydrogen-bond acceptors (Lipinski definition) is 4. The Kier molecular flexibility index (Phi) is 5.55. The van der Waals surface area contributed by atoms with Crippen molar-refractivity contribution in [3.63, 3.8) is 0 Å². The summed E-state index contributed by atoms with van der Waals surface area (Å²) in [6.45, 7) is 7.30. The maximum atomic E-state index is 5.63. The summed E-state index contributed by atoms with van der Waals surface area (Å²) >= 11 is 0. The number of nitrogens with one attached hydrogen (secondary N) is 1. The fourth-order valence-electron chi connectivity index (χ4n) is 2.21. The molecule has 0 aliphatic heterocycles. The minimum atomic E-state index is 0.267. The van der Waals surface area contributed by atoms with Gasteiger partial charge in [-0.2, -0.15) is 0 Å². The second-order valence-corrected chi connectivity index (χ2v) is 4.86. The second kappa shape index (κ2) is 7.62. The molecule has 0 amide bonds. The van der Waals surface area contributed by atoms with Crippen LogP contribution in [0.4, 0.5) is 5.69 Å². The zero-order valence-electron chi connectivity index (χ0n) is 12.9. The maximum absolute atomic E-state index is 5.63. The molecule has 2 aromatic rings. The Balaban J connectivity index is 2.03. The summed E-state index contributed by atoms with van der Waals surface area (Å²) in [4.78, 5) is 0. The highest BCUT2D eigenvalue weighted by Gasteiger charge is 2.09. The van der Waals surface area contributed by atoms with Gasteiger partial charge < -0.3 is 19.2 Å². The number of ether oxygens (including phenoxy) is 2. The van der Waals surface area contributed by atoms with Crippen LogP contribution in [-0.2, 0) is 6.42 Å². The summed E-state index contributed by atoms with van der Waals surface area (Å²) < 4.78 is 16.6. The Bertz CT molecular complexity index is 537. The van der Waals surface area contributed by atoms with Crippen molar-refractivity contribution in [2.75, 3.05) is 18.5 Å². The van der Waals surface area contributed by atoms with Crippen LogP contribution in [0.3, 0.4) is 0 Å². The van der Waals surface area contributed by atoms with Gasteiger partial charge in [-0.25, -0.2) is 0 Å². The predicted octanol–water partition coefficient (Wildman–Crippen LogP) is 4.12. The van der Waals surface area contributed by atoms with E-state index in [1.165, 1.54) is 0 Å². The lowest BCUT2D eigenvalue weighted by Gasteiger charge is -2.17. The summed E-state index contributed by atoms with van der Waals surface area (Å²) in [5.41, 5.74) is 1.01. The number of anilines is 1. The van der Waals surface area contributed by atoms with Crippen molar-refractivity contribution in [3.8, 4) is 11.5 Å². The quantitative estimate of drug-likeness (QED) is 0.794. The number of furan rings is 1. The summed E-state index contributed by atoms with van der Waals surface area (Å²) in [5.74, 6) is 2.53. The molecule has 0 fully saturated rings. The van der Waals surface area contributed by atoms with E-state index >= 15 is 0 Å². The van der Waals surface area contributed by atoms with Crippen molar-refractivity contribution >= 4 is 5.69 Å². The van der Waals surface area contributed by atoms with E-state index in [1.807, 2.05) is 44.2 Å². The van der Waals surface area contributed by atoms with Gasteiger partial charge in [-0.1, -0.05) is 0 Å². The van der Waals surface area contributed by atoms with E-state index in [9.17, 15) is 0 Å². The van der Waals surface area contributed by atoms with Gasteiger partial charge in [0, 0.05) is 24.2 Å². The van der Waals surface area contributed by atoms with Gasteiger partial charge in [-0.05, 0) is 45.0 Å². The largest absolute Gasteiger partial charge is 0.490 e. The topological polar surface area (TPSA) is 43.6 Å². The third-order valence-corrected chi connectivity index (χ3v) is 3.04. The van der Waals surface area contributed by atoms with Crippen molar-refractivity contribution in [1.82, 2.24) is 0 Å². The monoisotopic (exact) mass is 289 g/mol. The molecule has 1 aromatic carbocycles. The lowest BCUT2D eigenvalue weighted by Crippen LogP contribution is -2.17. The molecule has 4 nitrogen and oxygen atoms in total. The first-order valence-corrected chi connectivity index (χ1v) is 7.41. The first-order chi connectivity index (χ1) is 10.2. The Labute approximate surface area is 126 Å². The lowest BCUT2D eigenvalue weighted by atomic mass is 10.2. The number of benzene rings is 1. The molecule has 0 radical (unpaired) electrons. The molecule has 0 saturated heterocycles. The zero-order valence-corrected chi connectivity index (χ0v) is 12.9. The summed E-state index contributed by atoms with van der Waals surface area (Å²) in [6, 6.07) is 10.1. The number of hydrogen-bond donors (Lipinski definition) is 1.